The summed E-state index contributed by atoms with van der Waals surface area (Å²) < 4.78 is 26.3. The molecule has 0 atom stereocenters. The first-order valence-corrected chi connectivity index (χ1v) is 6.96. The third-order valence-electron chi connectivity index (χ3n) is 3.82. The second kappa shape index (κ2) is 6.79. The maximum absolute atomic E-state index is 13.5. The van der Waals surface area contributed by atoms with Crippen LogP contribution in [0.5, 0.6) is 0 Å². The number of nitrogens with one attached hydrogen (secondary N) is 1. The lowest BCUT2D eigenvalue weighted by Crippen LogP contribution is -2.41. The van der Waals surface area contributed by atoms with Crippen LogP contribution in [-0.4, -0.2) is 37.5 Å². The summed E-state index contributed by atoms with van der Waals surface area (Å²) in [7, 11) is 1.93. The molecule has 0 bridgehead atoms. The molecule has 2 rings (SSSR count). The maximum atomic E-state index is 13.5. The molecule has 1 aromatic rings. The predicted molar refractivity (Wildman–Crippen MR) is 73.3 cm³/mol. The number of carbonyl (C=O) groups is 1. The van der Waals surface area contributed by atoms with Crippen LogP contribution in [0, 0.1) is 17.6 Å². The Labute approximate surface area is 118 Å². The highest BCUT2D eigenvalue weighted by Crippen LogP contribution is 2.18. The molecule has 1 aliphatic rings. The topological polar surface area (TPSA) is 32.3 Å². The van der Waals surface area contributed by atoms with E-state index in [1.54, 1.807) is 4.90 Å². The van der Waals surface area contributed by atoms with Crippen LogP contribution in [-0.2, 0) is 11.2 Å². The van der Waals surface area contributed by atoms with E-state index in [4.69, 9.17) is 0 Å². The minimum atomic E-state index is -0.650. The fraction of sp³-hybridized carbons (Fsp3) is 0.533. The Morgan fingerprint density at radius 2 is 2.05 bits per heavy atom. The number of hydrogen-bond donors (Lipinski definition) is 1. The van der Waals surface area contributed by atoms with Gasteiger partial charge in [0, 0.05) is 19.2 Å². The Morgan fingerprint density at radius 1 is 1.35 bits per heavy atom. The lowest BCUT2D eigenvalue weighted by Gasteiger charge is -2.32. The highest BCUT2D eigenvalue weighted by Gasteiger charge is 2.23. The summed E-state index contributed by atoms with van der Waals surface area (Å²) in [5.74, 6) is -0.750. The van der Waals surface area contributed by atoms with E-state index in [9.17, 15) is 13.6 Å². The molecule has 0 radical (unpaired) electrons. The van der Waals surface area contributed by atoms with Crippen LogP contribution in [0.25, 0.3) is 0 Å². The minimum absolute atomic E-state index is 0.00279. The van der Waals surface area contributed by atoms with Gasteiger partial charge >= 0.3 is 0 Å². The maximum Gasteiger partial charge on any atom is 0.227 e. The van der Waals surface area contributed by atoms with E-state index in [0.717, 1.165) is 25.5 Å². The number of likely N-dealkylation sites (tertiary alicyclic amines) is 1. The van der Waals surface area contributed by atoms with Gasteiger partial charge in [-0.1, -0.05) is 6.07 Å². The first-order chi connectivity index (χ1) is 9.60. The van der Waals surface area contributed by atoms with E-state index in [1.807, 2.05) is 7.05 Å². The molecule has 3 nitrogen and oxygen atoms in total. The van der Waals surface area contributed by atoms with E-state index in [1.165, 1.54) is 12.1 Å². The van der Waals surface area contributed by atoms with Gasteiger partial charge in [-0.2, -0.15) is 0 Å². The Kier molecular flexibility index (Phi) is 5.06. The first kappa shape index (κ1) is 14.9. The first-order valence-electron chi connectivity index (χ1n) is 6.96. The van der Waals surface area contributed by atoms with E-state index in [-0.39, 0.29) is 17.9 Å². The number of hydrogen-bond acceptors (Lipinski definition) is 2. The molecular formula is C15H20F2N2O. The molecule has 1 aliphatic heterocycles. The van der Waals surface area contributed by atoms with E-state index < -0.39 is 11.6 Å². The molecule has 0 aromatic heterocycles. The number of carbonyl (C=O) groups excluding carboxylic acids is 1. The lowest BCUT2D eigenvalue weighted by molar-refractivity contribution is -0.131. The quantitative estimate of drug-likeness (QED) is 0.915. The predicted octanol–water partition coefficient (Wildman–Crippen LogP) is 1.97. The van der Waals surface area contributed by atoms with Crippen LogP contribution in [0.15, 0.2) is 18.2 Å². The van der Waals surface area contributed by atoms with Gasteiger partial charge in [0.05, 0.1) is 6.42 Å². The fourth-order valence-corrected chi connectivity index (χ4v) is 2.61. The zero-order chi connectivity index (χ0) is 14.5. The minimum Gasteiger partial charge on any atom is -0.342 e. The third-order valence-corrected chi connectivity index (χ3v) is 3.82. The monoisotopic (exact) mass is 282 g/mol. The van der Waals surface area contributed by atoms with Gasteiger partial charge in [-0.05, 0) is 44.0 Å². The fourth-order valence-electron chi connectivity index (χ4n) is 2.61. The summed E-state index contributed by atoms with van der Waals surface area (Å²) in [6, 6.07) is 3.35. The number of halogens is 2. The average Bonchev–Trinajstić information content (AvgIpc) is 2.43. The molecule has 1 saturated heterocycles. The second-order valence-corrected chi connectivity index (χ2v) is 5.29. The van der Waals surface area contributed by atoms with Gasteiger partial charge in [-0.25, -0.2) is 8.78 Å². The highest BCUT2D eigenvalue weighted by atomic mass is 19.1. The van der Waals surface area contributed by atoms with Crippen molar-refractivity contribution < 1.29 is 13.6 Å². The Hall–Kier alpha value is -1.49. The van der Waals surface area contributed by atoms with Crippen LogP contribution < -0.4 is 5.32 Å². The largest absolute Gasteiger partial charge is 0.342 e. The summed E-state index contributed by atoms with van der Waals surface area (Å²) in [5.41, 5.74) is 0.258. The van der Waals surface area contributed by atoms with Crippen molar-refractivity contribution >= 4 is 5.91 Å². The van der Waals surface area contributed by atoms with Crippen molar-refractivity contribution in [2.75, 3.05) is 26.7 Å². The number of rotatable bonds is 4. The molecule has 0 unspecified atom stereocenters. The second-order valence-electron chi connectivity index (χ2n) is 5.29. The zero-order valence-electron chi connectivity index (χ0n) is 11.7. The third kappa shape index (κ3) is 3.76. The summed E-state index contributed by atoms with van der Waals surface area (Å²) in [4.78, 5) is 13.9. The Morgan fingerprint density at radius 3 is 2.65 bits per heavy atom. The average molecular weight is 282 g/mol. The lowest BCUT2D eigenvalue weighted by atomic mass is 9.96. The van der Waals surface area contributed by atoms with Crippen molar-refractivity contribution in [3.63, 3.8) is 0 Å². The summed E-state index contributed by atoms with van der Waals surface area (Å²) in [6.07, 6.45) is 1.94. The van der Waals surface area contributed by atoms with Gasteiger partial charge in [-0.3, -0.25) is 4.79 Å². The Bertz CT molecular complexity index is 471. The van der Waals surface area contributed by atoms with Crippen molar-refractivity contribution in [1.29, 1.82) is 0 Å². The number of amides is 1. The summed E-state index contributed by atoms with van der Waals surface area (Å²) in [6.45, 7) is 2.40. The van der Waals surface area contributed by atoms with Crippen molar-refractivity contribution in [2.24, 2.45) is 5.92 Å². The van der Waals surface area contributed by atoms with Crippen molar-refractivity contribution in [1.82, 2.24) is 10.2 Å². The molecule has 1 N–H and O–H groups in total. The van der Waals surface area contributed by atoms with Crippen molar-refractivity contribution in [3.05, 3.63) is 35.4 Å². The molecule has 5 heteroatoms. The van der Waals surface area contributed by atoms with Gasteiger partial charge in [0.1, 0.15) is 11.6 Å². The summed E-state index contributed by atoms with van der Waals surface area (Å²) >= 11 is 0. The molecule has 1 amide bonds. The highest BCUT2D eigenvalue weighted by molar-refractivity contribution is 5.78. The Balaban J connectivity index is 1.89. The molecule has 110 valence electrons. The molecule has 1 fully saturated rings. The van der Waals surface area contributed by atoms with E-state index >= 15 is 0 Å². The molecule has 0 spiro atoms. The molecule has 0 aliphatic carbocycles. The normalized spacial score (nSPS) is 16.4. The van der Waals surface area contributed by atoms with Gasteiger partial charge in [0.25, 0.3) is 0 Å². The number of piperidine rings is 1. The number of benzene rings is 1. The van der Waals surface area contributed by atoms with Crippen LogP contribution in [0.4, 0.5) is 8.78 Å². The number of nitrogens with zero attached hydrogens (tertiary/aromatic N) is 1. The smallest absolute Gasteiger partial charge is 0.227 e. The van der Waals surface area contributed by atoms with Gasteiger partial charge in [0.15, 0.2) is 0 Å². The van der Waals surface area contributed by atoms with Crippen LogP contribution in [0.2, 0.25) is 0 Å². The van der Waals surface area contributed by atoms with Crippen LogP contribution in [0.1, 0.15) is 18.4 Å². The summed E-state index contributed by atoms with van der Waals surface area (Å²) in [5, 5.41) is 3.15. The van der Waals surface area contributed by atoms with E-state index in [2.05, 4.69) is 5.32 Å². The van der Waals surface area contributed by atoms with E-state index in [0.29, 0.717) is 19.0 Å². The van der Waals surface area contributed by atoms with Gasteiger partial charge in [-0.15, -0.1) is 0 Å². The molecule has 0 saturated carbocycles. The van der Waals surface area contributed by atoms with Gasteiger partial charge < -0.3 is 10.2 Å². The van der Waals surface area contributed by atoms with Crippen LogP contribution >= 0.6 is 0 Å². The standard InChI is InChI=1S/C15H20F2N2O/c1-18-10-11-4-6-19(7-5-11)15(20)8-12-2-3-13(16)9-14(12)17/h2-3,9,11,18H,4-8,10H2,1H3. The van der Waals surface area contributed by atoms with Crippen molar-refractivity contribution in [3.8, 4) is 0 Å². The molecular weight excluding hydrogens is 262 g/mol. The van der Waals surface area contributed by atoms with Gasteiger partial charge in [0.2, 0.25) is 5.91 Å². The molecule has 1 aromatic carbocycles. The SMILES string of the molecule is CNCC1CCN(C(=O)Cc2ccc(F)cc2F)CC1. The zero-order valence-corrected chi connectivity index (χ0v) is 11.7. The molecule has 1 heterocycles. The van der Waals surface area contributed by atoms with Crippen LogP contribution in [0.3, 0.4) is 0 Å². The molecule has 20 heavy (non-hydrogen) atoms. The van der Waals surface area contributed by atoms with Crippen molar-refractivity contribution in [2.45, 2.75) is 19.3 Å².